The van der Waals surface area contributed by atoms with E-state index >= 15 is 0 Å². The Morgan fingerprint density at radius 3 is 2.44 bits per heavy atom. The number of anilines is 1. The number of alkyl halides is 1. The van der Waals surface area contributed by atoms with Gasteiger partial charge in [-0.05, 0) is 24.6 Å². The highest BCUT2D eigenvalue weighted by atomic mass is 79.9. The molecule has 0 radical (unpaired) electrons. The van der Waals surface area contributed by atoms with Crippen molar-refractivity contribution in [2.45, 2.75) is 12.8 Å². The van der Waals surface area contributed by atoms with Gasteiger partial charge in [0, 0.05) is 44.0 Å². The van der Waals surface area contributed by atoms with Crippen LogP contribution in [-0.4, -0.2) is 52.5 Å². The highest BCUT2D eigenvalue weighted by Gasteiger charge is 2.21. The molecule has 6 nitrogen and oxygen atoms in total. The molecule has 0 N–H and O–H groups in total. The summed E-state index contributed by atoms with van der Waals surface area (Å²) in [6.07, 6.45) is 1.49. The summed E-state index contributed by atoms with van der Waals surface area (Å²) in [5.41, 5.74) is 0. The molecule has 25 heavy (non-hydrogen) atoms. The third kappa shape index (κ3) is 4.92. The molecular weight excluding hydrogens is 384 g/mol. The lowest BCUT2D eigenvalue weighted by Gasteiger charge is -2.35. The second kappa shape index (κ2) is 8.80. The van der Waals surface area contributed by atoms with Crippen LogP contribution in [0.1, 0.15) is 12.8 Å². The minimum Gasteiger partial charge on any atom is -0.438 e. The van der Waals surface area contributed by atoms with Crippen molar-refractivity contribution in [3.8, 4) is 11.6 Å². The Kier molecular flexibility index (Phi) is 6.22. The summed E-state index contributed by atoms with van der Waals surface area (Å²) in [7, 11) is 0. The number of rotatable bonds is 6. The van der Waals surface area contributed by atoms with Crippen LogP contribution in [0.4, 0.5) is 5.82 Å². The van der Waals surface area contributed by atoms with E-state index in [2.05, 4.69) is 31.0 Å². The summed E-state index contributed by atoms with van der Waals surface area (Å²) in [5.74, 6) is 2.25. The maximum Gasteiger partial charge on any atom is 0.238 e. The molecule has 0 aliphatic carbocycles. The van der Waals surface area contributed by atoms with E-state index < -0.39 is 0 Å². The van der Waals surface area contributed by atoms with Crippen molar-refractivity contribution in [2.24, 2.45) is 0 Å². The molecule has 1 aliphatic heterocycles. The van der Waals surface area contributed by atoms with Gasteiger partial charge >= 0.3 is 0 Å². The van der Waals surface area contributed by atoms with Crippen molar-refractivity contribution in [3.05, 3.63) is 42.5 Å². The van der Waals surface area contributed by atoms with Crippen LogP contribution in [0.3, 0.4) is 0 Å². The molecule has 0 atom stereocenters. The number of ether oxygens (including phenoxy) is 1. The highest BCUT2D eigenvalue weighted by Crippen LogP contribution is 2.20. The van der Waals surface area contributed by atoms with Gasteiger partial charge in [-0.1, -0.05) is 34.1 Å². The zero-order valence-corrected chi connectivity index (χ0v) is 15.6. The zero-order valence-electron chi connectivity index (χ0n) is 14.0. The number of para-hydroxylation sites is 1. The predicted octanol–water partition coefficient (Wildman–Crippen LogP) is 3.09. The quantitative estimate of drug-likeness (QED) is 0.692. The molecule has 2 aromatic rings. The van der Waals surface area contributed by atoms with Crippen LogP contribution >= 0.6 is 15.9 Å². The van der Waals surface area contributed by atoms with Crippen LogP contribution < -0.4 is 9.64 Å². The van der Waals surface area contributed by atoms with Gasteiger partial charge in [0.1, 0.15) is 5.75 Å². The van der Waals surface area contributed by atoms with Gasteiger partial charge in [-0.25, -0.2) is 0 Å². The minimum absolute atomic E-state index is 0.233. The standard InChI is InChI=1S/C18H21BrN4O2/c19-10-4-7-18(24)23-13-11-22(12-14-23)16-8-9-17(21-20-16)25-15-5-2-1-3-6-15/h1-3,5-6,8-9H,4,7,10-14H2. The van der Waals surface area contributed by atoms with E-state index in [1.807, 2.05) is 47.4 Å². The fraction of sp³-hybridized carbons (Fsp3) is 0.389. The van der Waals surface area contributed by atoms with Crippen LogP contribution in [0, 0.1) is 0 Å². The van der Waals surface area contributed by atoms with Crippen molar-refractivity contribution in [1.29, 1.82) is 0 Å². The average molecular weight is 405 g/mol. The van der Waals surface area contributed by atoms with E-state index in [0.29, 0.717) is 12.3 Å². The van der Waals surface area contributed by atoms with E-state index in [0.717, 1.165) is 49.5 Å². The smallest absolute Gasteiger partial charge is 0.238 e. The number of piperazine rings is 1. The fourth-order valence-corrected chi connectivity index (χ4v) is 2.99. The Hall–Kier alpha value is -2.15. The molecule has 0 spiro atoms. The largest absolute Gasteiger partial charge is 0.438 e. The SMILES string of the molecule is O=C(CCCBr)N1CCN(c2ccc(Oc3ccccc3)nn2)CC1. The molecule has 1 fully saturated rings. The molecule has 0 unspecified atom stereocenters. The molecule has 1 aliphatic rings. The van der Waals surface area contributed by atoms with Gasteiger partial charge in [0.25, 0.3) is 0 Å². The first-order chi connectivity index (χ1) is 12.3. The maximum absolute atomic E-state index is 12.1. The molecule has 1 amide bonds. The number of amides is 1. The summed E-state index contributed by atoms with van der Waals surface area (Å²) in [6.45, 7) is 3.00. The fourth-order valence-electron chi connectivity index (χ4n) is 2.71. The van der Waals surface area contributed by atoms with Crippen molar-refractivity contribution >= 4 is 27.7 Å². The number of hydrogen-bond acceptors (Lipinski definition) is 5. The Labute approximate surface area is 155 Å². The molecular formula is C18H21BrN4O2. The van der Waals surface area contributed by atoms with Crippen LogP contribution in [0.25, 0.3) is 0 Å². The van der Waals surface area contributed by atoms with Gasteiger partial charge < -0.3 is 14.5 Å². The topological polar surface area (TPSA) is 58.6 Å². The lowest BCUT2D eigenvalue weighted by atomic mass is 10.2. The highest BCUT2D eigenvalue weighted by molar-refractivity contribution is 9.09. The maximum atomic E-state index is 12.1. The molecule has 3 rings (SSSR count). The summed E-state index contributed by atoms with van der Waals surface area (Å²) in [6, 6.07) is 13.2. The van der Waals surface area contributed by atoms with Crippen LogP contribution in [0.15, 0.2) is 42.5 Å². The molecule has 0 saturated carbocycles. The second-order valence-electron chi connectivity index (χ2n) is 5.81. The Morgan fingerprint density at radius 2 is 1.80 bits per heavy atom. The number of benzene rings is 1. The first kappa shape index (κ1) is 17.7. The summed E-state index contributed by atoms with van der Waals surface area (Å²) >= 11 is 3.36. The molecule has 7 heteroatoms. The van der Waals surface area contributed by atoms with Gasteiger partial charge in [-0.2, -0.15) is 0 Å². The molecule has 1 aromatic carbocycles. The zero-order chi connectivity index (χ0) is 17.5. The first-order valence-corrected chi connectivity index (χ1v) is 9.54. The Morgan fingerprint density at radius 1 is 1.04 bits per heavy atom. The van der Waals surface area contributed by atoms with Gasteiger partial charge in [0.2, 0.25) is 11.8 Å². The average Bonchev–Trinajstić information content (AvgIpc) is 2.68. The first-order valence-electron chi connectivity index (χ1n) is 8.41. The summed E-state index contributed by atoms with van der Waals surface area (Å²) in [5, 5.41) is 9.27. The van der Waals surface area contributed by atoms with Gasteiger partial charge in [0.15, 0.2) is 5.82 Å². The Bertz CT molecular complexity index is 673. The monoisotopic (exact) mass is 404 g/mol. The number of aromatic nitrogens is 2. The lowest BCUT2D eigenvalue weighted by molar-refractivity contribution is -0.131. The second-order valence-corrected chi connectivity index (χ2v) is 6.60. The predicted molar refractivity (Wildman–Crippen MR) is 100 cm³/mol. The van der Waals surface area contributed by atoms with E-state index in [-0.39, 0.29) is 5.91 Å². The van der Waals surface area contributed by atoms with Crippen molar-refractivity contribution in [3.63, 3.8) is 0 Å². The summed E-state index contributed by atoms with van der Waals surface area (Å²) in [4.78, 5) is 16.1. The molecule has 0 bridgehead atoms. The van der Waals surface area contributed by atoms with E-state index in [1.54, 1.807) is 0 Å². The van der Waals surface area contributed by atoms with E-state index in [9.17, 15) is 4.79 Å². The Balaban J connectivity index is 1.52. The molecule has 132 valence electrons. The van der Waals surface area contributed by atoms with Gasteiger partial charge in [-0.3, -0.25) is 4.79 Å². The van der Waals surface area contributed by atoms with E-state index in [1.165, 1.54) is 0 Å². The van der Waals surface area contributed by atoms with Gasteiger partial charge in [0.05, 0.1) is 0 Å². The third-order valence-electron chi connectivity index (χ3n) is 4.07. The van der Waals surface area contributed by atoms with Crippen LogP contribution in [0.2, 0.25) is 0 Å². The van der Waals surface area contributed by atoms with Crippen LogP contribution in [0.5, 0.6) is 11.6 Å². The third-order valence-corrected chi connectivity index (χ3v) is 4.63. The van der Waals surface area contributed by atoms with Gasteiger partial charge in [-0.15, -0.1) is 10.2 Å². The number of carbonyl (C=O) groups excluding carboxylic acids is 1. The normalized spacial score (nSPS) is 14.4. The number of hydrogen-bond donors (Lipinski definition) is 0. The number of nitrogens with zero attached hydrogens (tertiary/aromatic N) is 4. The van der Waals surface area contributed by atoms with Crippen LogP contribution in [-0.2, 0) is 4.79 Å². The molecule has 1 saturated heterocycles. The van der Waals surface area contributed by atoms with Crippen molar-refractivity contribution < 1.29 is 9.53 Å². The number of carbonyl (C=O) groups is 1. The summed E-state index contributed by atoms with van der Waals surface area (Å²) < 4.78 is 5.66. The minimum atomic E-state index is 0.233. The van der Waals surface area contributed by atoms with E-state index in [4.69, 9.17) is 4.74 Å². The molecule has 2 heterocycles. The molecule has 1 aromatic heterocycles. The van der Waals surface area contributed by atoms with Crippen molar-refractivity contribution in [2.75, 3.05) is 36.4 Å². The number of halogens is 1. The lowest BCUT2D eigenvalue weighted by Crippen LogP contribution is -2.49. The van der Waals surface area contributed by atoms with Crippen molar-refractivity contribution in [1.82, 2.24) is 15.1 Å².